The maximum Gasteiger partial charge on any atom is 0.227 e. The van der Waals surface area contributed by atoms with Crippen molar-refractivity contribution in [1.29, 1.82) is 0 Å². The van der Waals surface area contributed by atoms with E-state index in [1.165, 1.54) is 0 Å². The summed E-state index contributed by atoms with van der Waals surface area (Å²) in [5.41, 5.74) is 1.70. The van der Waals surface area contributed by atoms with Crippen molar-refractivity contribution in [3.63, 3.8) is 0 Å². The number of benzene rings is 2. The minimum atomic E-state index is -0.110. The van der Waals surface area contributed by atoms with Crippen LogP contribution in [-0.4, -0.2) is 37.4 Å². The van der Waals surface area contributed by atoms with Crippen LogP contribution >= 0.6 is 0 Å². The summed E-state index contributed by atoms with van der Waals surface area (Å²) in [4.78, 5) is 16.5. The molecule has 0 aliphatic heterocycles. The van der Waals surface area contributed by atoms with Gasteiger partial charge < -0.3 is 24.1 Å². The number of hydrogen-bond donors (Lipinski definition) is 1. The molecule has 0 saturated carbocycles. The van der Waals surface area contributed by atoms with Gasteiger partial charge in [0.25, 0.3) is 0 Å². The van der Waals surface area contributed by atoms with Gasteiger partial charge in [0.2, 0.25) is 17.6 Å². The summed E-state index contributed by atoms with van der Waals surface area (Å²) in [7, 11) is 4.75. The summed E-state index contributed by atoms with van der Waals surface area (Å²) >= 11 is 0. The maximum absolute atomic E-state index is 12.2. The molecule has 1 aromatic heterocycles. The summed E-state index contributed by atoms with van der Waals surface area (Å²) in [6, 6.07) is 12.9. The Hall–Kier alpha value is -3.55. The molecule has 8 nitrogen and oxygen atoms in total. The molecule has 2 aromatic carbocycles. The normalized spacial score (nSPS) is 10.4. The summed E-state index contributed by atoms with van der Waals surface area (Å²) in [6.07, 6.45) is 0.599. The lowest BCUT2D eigenvalue weighted by molar-refractivity contribution is -0.121. The van der Waals surface area contributed by atoms with Crippen molar-refractivity contribution in [3.05, 3.63) is 53.9 Å². The average molecular weight is 397 g/mol. The number of rotatable bonds is 9. The lowest BCUT2D eigenvalue weighted by Gasteiger charge is -2.10. The molecular weight excluding hydrogens is 374 g/mol. The quantitative estimate of drug-likeness (QED) is 0.593. The molecule has 29 heavy (non-hydrogen) atoms. The van der Waals surface area contributed by atoms with E-state index in [-0.39, 0.29) is 12.3 Å². The van der Waals surface area contributed by atoms with Crippen molar-refractivity contribution in [2.75, 3.05) is 21.3 Å². The average Bonchev–Trinajstić information content (AvgIpc) is 3.25. The second-order valence-electron chi connectivity index (χ2n) is 6.21. The zero-order chi connectivity index (χ0) is 20.6. The van der Waals surface area contributed by atoms with Crippen LogP contribution in [-0.2, 0) is 17.8 Å². The van der Waals surface area contributed by atoms with Gasteiger partial charge in [0.05, 0.1) is 21.3 Å². The molecule has 0 aliphatic carbocycles. The van der Waals surface area contributed by atoms with E-state index >= 15 is 0 Å². The molecule has 0 radical (unpaired) electrons. The monoisotopic (exact) mass is 397 g/mol. The molecule has 152 valence electrons. The van der Waals surface area contributed by atoms with E-state index in [9.17, 15) is 4.79 Å². The van der Waals surface area contributed by atoms with Crippen molar-refractivity contribution in [3.8, 4) is 28.6 Å². The van der Waals surface area contributed by atoms with Crippen molar-refractivity contribution >= 4 is 5.91 Å². The molecule has 1 amide bonds. The highest BCUT2D eigenvalue weighted by molar-refractivity contribution is 5.76. The molecule has 0 fully saturated rings. The van der Waals surface area contributed by atoms with Gasteiger partial charge in [0, 0.05) is 24.9 Å². The van der Waals surface area contributed by atoms with Crippen molar-refractivity contribution in [2.24, 2.45) is 0 Å². The topological polar surface area (TPSA) is 95.7 Å². The van der Waals surface area contributed by atoms with Gasteiger partial charge in [-0.15, -0.1) is 0 Å². The lowest BCUT2D eigenvalue weighted by Crippen LogP contribution is -2.23. The Morgan fingerprint density at radius 3 is 2.62 bits per heavy atom. The van der Waals surface area contributed by atoms with Crippen LogP contribution in [0.3, 0.4) is 0 Å². The molecule has 0 aliphatic rings. The number of aromatic nitrogens is 2. The molecular formula is C21H23N3O5. The van der Waals surface area contributed by atoms with E-state index in [0.29, 0.717) is 41.9 Å². The molecule has 0 unspecified atom stereocenters. The van der Waals surface area contributed by atoms with E-state index < -0.39 is 0 Å². The third-order valence-corrected chi connectivity index (χ3v) is 4.30. The van der Waals surface area contributed by atoms with Gasteiger partial charge >= 0.3 is 0 Å². The zero-order valence-corrected chi connectivity index (χ0v) is 16.6. The van der Waals surface area contributed by atoms with Crippen molar-refractivity contribution in [1.82, 2.24) is 15.5 Å². The van der Waals surface area contributed by atoms with Crippen LogP contribution in [0.1, 0.15) is 17.9 Å². The summed E-state index contributed by atoms with van der Waals surface area (Å²) < 4.78 is 20.9. The van der Waals surface area contributed by atoms with Gasteiger partial charge in [-0.1, -0.05) is 23.4 Å². The zero-order valence-electron chi connectivity index (χ0n) is 16.6. The predicted molar refractivity (Wildman–Crippen MR) is 106 cm³/mol. The molecule has 3 rings (SSSR count). The number of amides is 1. The van der Waals surface area contributed by atoms with Crippen LogP contribution in [0.4, 0.5) is 0 Å². The molecule has 0 bridgehead atoms. The van der Waals surface area contributed by atoms with Gasteiger partial charge in [0.1, 0.15) is 5.75 Å². The highest BCUT2D eigenvalue weighted by atomic mass is 16.5. The second kappa shape index (κ2) is 9.59. The lowest BCUT2D eigenvalue weighted by atomic mass is 10.2. The Morgan fingerprint density at radius 2 is 1.86 bits per heavy atom. The minimum absolute atomic E-state index is 0.110. The van der Waals surface area contributed by atoms with Crippen LogP contribution in [0, 0.1) is 0 Å². The Bertz CT molecular complexity index is 970. The molecule has 8 heteroatoms. The van der Waals surface area contributed by atoms with Crippen molar-refractivity contribution < 1.29 is 23.5 Å². The summed E-state index contributed by atoms with van der Waals surface area (Å²) in [5.74, 6) is 2.74. The minimum Gasteiger partial charge on any atom is -0.497 e. The van der Waals surface area contributed by atoms with E-state index in [1.54, 1.807) is 27.4 Å². The van der Waals surface area contributed by atoms with Crippen LogP contribution in [0.2, 0.25) is 0 Å². The first-order valence-corrected chi connectivity index (χ1v) is 9.07. The van der Waals surface area contributed by atoms with E-state index in [2.05, 4.69) is 15.5 Å². The number of nitrogens with one attached hydrogen (secondary N) is 1. The second-order valence-corrected chi connectivity index (χ2v) is 6.21. The van der Waals surface area contributed by atoms with Gasteiger partial charge in [-0.05, 0) is 29.8 Å². The number of ether oxygens (including phenoxy) is 3. The number of nitrogens with zero attached hydrogens (tertiary/aromatic N) is 2. The van der Waals surface area contributed by atoms with Crippen molar-refractivity contribution in [2.45, 2.75) is 19.4 Å². The highest BCUT2D eigenvalue weighted by Crippen LogP contribution is 2.27. The predicted octanol–water partition coefficient (Wildman–Crippen LogP) is 3.01. The molecule has 1 N–H and O–H groups in total. The molecule has 3 aromatic rings. The Balaban J connectivity index is 1.51. The van der Waals surface area contributed by atoms with E-state index in [4.69, 9.17) is 18.7 Å². The SMILES string of the molecule is COc1cccc(-c2noc(CCC(=O)NCc3ccc(OC)c(OC)c3)n2)c1. The Labute approximate surface area is 168 Å². The molecule has 0 spiro atoms. The number of carbonyl (C=O) groups excluding carboxylic acids is 1. The first kappa shape index (κ1) is 20.2. The van der Waals surface area contributed by atoms with E-state index in [1.807, 2.05) is 36.4 Å². The fraction of sp³-hybridized carbons (Fsp3) is 0.286. The van der Waals surface area contributed by atoms with E-state index in [0.717, 1.165) is 11.1 Å². The number of carbonyl (C=O) groups is 1. The van der Waals surface area contributed by atoms with Crippen LogP contribution in [0.5, 0.6) is 17.2 Å². The Morgan fingerprint density at radius 1 is 1.03 bits per heavy atom. The Kier molecular flexibility index (Phi) is 6.67. The van der Waals surface area contributed by atoms with Crippen LogP contribution < -0.4 is 19.5 Å². The number of hydrogen-bond acceptors (Lipinski definition) is 7. The first-order valence-electron chi connectivity index (χ1n) is 9.07. The van der Waals surface area contributed by atoms with Crippen LogP contribution in [0.25, 0.3) is 11.4 Å². The summed E-state index contributed by atoms with van der Waals surface area (Å²) in [5, 5.41) is 6.84. The van der Waals surface area contributed by atoms with Gasteiger partial charge in [-0.3, -0.25) is 4.79 Å². The fourth-order valence-corrected chi connectivity index (χ4v) is 2.74. The van der Waals surface area contributed by atoms with Gasteiger partial charge in [-0.25, -0.2) is 0 Å². The number of methoxy groups -OCH3 is 3. The fourth-order valence-electron chi connectivity index (χ4n) is 2.74. The third kappa shape index (κ3) is 5.25. The smallest absolute Gasteiger partial charge is 0.227 e. The highest BCUT2D eigenvalue weighted by Gasteiger charge is 2.12. The molecule has 1 heterocycles. The van der Waals surface area contributed by atoms with Gasteiger partial charge in [-0.2, -0.15) is 4.98 Å². The summed E-state index contributed by atoms with van der Waals surface area (Å²) in [6.45, 7) is 0.387. The maximum atomic E-state index is 12.2. The largest absolute Gasteiger partial charge is 0.497 e. The standard InChI is InChI=1S/C21H23N3O5/c1-26-16-6-4-5-15(12-16)21-23-20(29-24-21)10-9-19(25)22-13-14-7-8-17(27-2)18(11-14)28-3/h4-8,11-12H,9-10,13H2,1-3H3,(H,22,25). The van der Waals surface area contributed by atoms with Crippen LogP contribution in [0.15, 0.2) is 47.0 Å². The third-order valence-electron chi connectivity index (χ3n) is 4.30. The molecule has 0 saturated heterocycles. The van der Waals surface area contributed by atoms with Gasteiger partial charge in [0.15, 0.2) is 11.5 Å². The first-order chi connectivity index (χ1) is 14.1. The molecule has 0 atom stereocenters. The number of aryl methyl sites for hydroxylation is 1.